The van der Waals surface area contributed by atoms with Crippen LogP contribution in [0.4, 0.5) is 0 Å². The second-order valence-corrected chi connectivity index (χ2v) is 6.45. The van der Waals surface area contributed by atoms with Crippen molar-refractivity contribution in [2.75, 3.05) is 13.7 Å². The molecule has 0 saturated heterocycles. The van der Waals surface area contributed by atoms with Crippen molar-refractivity contribution in [1.82, 2.24) is 5.32 Å². The molecule has 0 aliphatic rings. The lowest BCUT2D eigenvalue weighted by Gasteiger charge is -2.09. The maximum atomic E-state index is 11.4. The molecular formula is C16H18ClNO2S. The van der Waals surface area contributed by atoms with E-state index in [1.165, 1.54) is 12.0 Å². The first-order valence-corrected chi connectivity index (χ1v) is 7.97. The zero-order valence-corrected chi connectivity index (χ0v) is 13.5. The van der Waals surface area contributed by atoms with Crippen molar-refractivity contribution >= 4 is 28.9 Å². The van der Waals surface area contributed by atoms with Crippen molar-refractivity contribution in [2.24, 2.45) is 0 Å². The van der Waals surface area contributed by atoms with E-state index < -0.39 is 0 Å². The molecule has 21 heavy (non-hydrogen) atoms. The van der Waals surface area contributed by atoms with E-state index in [1.54, 1.807) is 11.3 Å². The van der Waals surface area contributed by atoms with E-state index in [0.717, 1.165) is 35.0 Å². The van der Waals surface area contributed by atoms with Gasteiger partial charge in [0, 0.05) is 18.0 Å². The SMILES string of the molecule is COC(=O)Cc1ccccc1CNCCc1ccc(Cl)s1. The van der Waals surface area contributed by atoms with E-state index in [1.807, 2.05) is 30.3 Å². The molecule has 0 unspecified atom stereocenters. The highest BCUT2D eigenvalue weighted by molar-refractivity contribution is 7.16. The molecule has 112 valence electrons. The number of ether oxygens (including phenoxy) is 1. The number of hydrogen-bond acceptors (Lipinski definition) is 4. The quantitative estimate of drug-likeness (QED) is 0.626. The molecule has 2 aromatic rings. The first kappa shape index (κ1) is 16.0. The Balaban J connectivity index is 1.83. The normalized spacial score (nSPS) is 10.6. The molecule has 5 heteroatoms. The van der Waals surface area contributed by atoms with Crippen LogP contribution in [0.5, 0.6) is 0 Å². The Kier molecular flexibility index (Phi) is 6.23. The zero-order chi connectivity index (χ0) is 15.1. The molecule has 1 aromatic carbocycles. The van der Waals surface area contributed by atoms with Crippen LogP contribution >= 0.6 is 22.9 Å². The van der Waals surface area contributed by atoms with Crippen molar-refractivity contribution in [3.8, 4) is 0 Å². The second kappa shape index (κ2) is 8.17. The lowest BCUT2D eigenvalue weighted by atomic mass is 10.0. The van der Waals surface area contributed by atoms with Gasteiger partial charge < -0.3 is 10.1 Å². The summed E-state index contributed by atoms with van der Waals surface area (Å²) < 4.78 is 5.55. The fraction of sp³-hybridized carbons (Fsp3) is 0.312. The molecule has 0 aliphatic carbocycles. The van der Waals surface area contributed by atoms with Crippen LogP contribution in [-0.4, -0.2) is 19.6 Å². The molecule has 0 bridgehead atoms. The van der Waals surface area contributed by atoms with Crippen LogP contribution in [0.25, 0.3) is 0 Å². The minimum Gasteiger partial charge on any atom is -0.469 e. The van der Waals surface area contributed by atoms with E-state index in [0.29, 0.717) is 6.42 Å². The Hall–Kier alpha value is -1.36. The minimum atomic E-state index is -0.212. The second-order valence-electron chi connectivity index (χ2n) is 4.65. The predicted octanol–water partition coefficient (Wildman–Crippen LogP) is 3.45. The summed E-state index contributed by atoms with van der Waals surface area (Å²) in [6, 6.07) is 11.9. The van der Waals surface area contributed by atoms with E-state index in [-0.39, 0.29) is 5.97 Å². The Morgan fingerprint density at radius 1 is 1.24 bits per heavy atom. The van der Waals surface area contributed by atoms with Gasteiger partial charge in [0.15, 0.2) is 0 Å². The standard InChI is InChI=1S/C16H18ClNO2S/c1-20-16(19)10-12-4-2-3-5-13(12)11-18-9-8-14-6-7-15(17)21-14/h2-7,18H,8-11H2,1H3. The minimum absolute atomic E-state index is 0.212. The van der Waals surface area contributed by atoms with Crippen LogP contribution in [-0.2, 0) is 28.9 Å². The third-order valence-electron chi connectivity index (χ3n) is 3.17. The zero-order valence-electron chi connectivity index (χ0n) is 11.9. The van der Waals surface area contributed by atoms with Gasteiger partial charge in [-0.15, -0.1) is 11.3 Å². The summed E-state index contributed by atoms with van der Waals surface area (Å²) >= 11 is 7.52. The van der Waals surface area contributed by atoms with Gasteiger partial charge in [0.05, 0.1) is 17.9 Å². The van der Waals surface area contributed by atoms with Crippen molar-refractivity contribution in [3.05, 3.63) is 56.7 Å². The maximum Gasteiger partial charge on any atom is 0.309 e. The number of esters is 1. The Morgan fingerprint density at radius 3 is 2.67 bits per heavy atom. The molecule has 1 N–H and O–H groups in total. The van der Waals surface area contributed by atoms with Gasteiger partial charge in [-0.3, -0.25) is 4.79 Å². The van der Waals surface area contributed by atoms with Gasteiger partial charge in [-0.25, -0.2) is 0 Å². The fourth-order valence-electron chi connectivity index (χ4n) is 2.05. The molecule has 1 heterocycles. The molecule has 0 atom stereocenters. The highest BCUT2D eigenvalue weighted by atomic mass is 35.5. The summed E-state index contributed by atoms with van der Waals surface area (Å²) in [5.74, 6) is -0.212. The lowest BCUT2D eigenvalue weighted by molar-refractivity contribution is -0.139. The molecule has 2 rings (SSSR count). The molecule has 0 spiro atoms. The van der Waals surface area contributed by atoms with Gasteiger partial charge in [0.2, 0.25) is 0 Å². The highest BCUT2D eigenvalue weighted by Gasteiger charge is 2.07. The number of halogens is 1. The van der Waals surface area contributed by atoms with E-state index in [2.05, 4.69) is 11.4 Å². The van der Waals surface area contributed by atoms with Gasteiger partial charge in [0.25, 0.3) is 0 Å². The summed E-state index contributed by atoms with van der Waals surface area (Å²) in [5, 5.41) is 3.40. The van der Waals surface area contributed by atoms with Gasteiger partial charge >= 0.3 is 5.97 Å². The van der Waals surface area contributed by atoms with Crippen LogP contribution in [0, 0.1) is 0 Å². The van der Waals surface area contributed by atoms with Gasteiger partial charge in [-0.05, 0) is 29.7 Å². The highest BCUT2D eigenvalue weighted by Crippen LogP contribution is 2.21. The topological polar surface area (TPSA) is 38.3 Å². The van der Waals surface area contributed by atoms with Crippen LogP contribution in [0.1, 0.15) is 16.0 Å². The van der Waals surface area contributed by atoms with Crippen molar-refractivity contribution < 1.29 is 9.53 Å². The van der Waals surface area contributed by atoms with Crippen LogP contribution in [0.15, 0.2) is 36.4 Å². The van der Waals surface area contributed by atoms with Gasteiger partial charge in [-0.1, -0.05) is 35.9 Å². The van der Waals surface area contributed by atoms with Crippen LogP contribution in [0.3, 0.4) is 0 Å². The predicted molar refractivity (Wildman–Crippen MR) is 86.9 cm³/mol. The lowest BCUT2D eigenvalue weighted by Crippen LogP contribution is -2.18. The third-order valence-corrected chi connectivity index (χ3v) is 4.46. The number of benzene rings is 1. The summed E-state index contributed by atoms with van der Waals surface area (Å²) in [7, 11) is 1.41. The van der Waals surface area contributed by atoms with E-state index in [4.69, 9.17) is 16.3 Å². The molecule has 0 radical (unpaired) electrons. The first-order chi connectivity index (χ1) is 10.2. The number of hydrogen-bond donors (Lipinski definition) is 1. The fourth-order valence-corrected chi connectivity index (χ4v) is 3.14. The molecular weight excluding hydrogens is 306 g/mol. The smallest absolute Gasteiger partial charge is 0.309 e. The van der Waals surface area contributed by atoms with E-state index >= 15 is 0 Å². The number of methoxy groups -OCH3 is 1. The van der Waals surface area contributed by atoms with Crippen LogP contribution in [0.2, 0.25) is 4.34 Å². The number of carbonyl (C=O) groups excluding carboxylic acids is 1. The summed E-state index contributed by atoms with van der Waals surface area (Å²) in [6.45, 7) is 1.62. The molecule has 1 aromatic heterocycles. The average molecular weight is 324 g/mol. The van der Waals surface area contributed by atoms with Crippen LogP contribution < -0.4 is 5.32 Å². The summed E-state index contributed by atoms with van der Waals surface area (Å²) in [4.78, 5) is 12.7. The first-order valence-electron chi connectivity index (χ1n) is 6.77. The number of thiophene rings is 1. The van der Waals surface area contributed by atoms with Crippen molar-refractivity contribution in [3.63, 3.8) is 0 Å². The summed E-state index contributed by atoms with van der Waals surface area (Å²) in [6.07, 6.45) is 1.27. The monoisotopic (exact) mass is 323 g/mol. The molecule has 0 amide bonds. The van der Waals surface area contributed by atoms with Crippen molar-refractivity contribution in [1.29, 1.82) is 0 Å². The number of nitrogens with one attached hydrogen (secondary N) is 1. The van der Waals surface area contributed by atoms with E-state index in [9.17, 15) is 4.79 Å². The van der Waals surface area contributed by atoms with Gasteiger partial charge in [-0.2, -0.15) is 0 Å². The average Bonchev–Trinajstić information content (AvgIpc) is 2.90. The molecule has 0 aliphatic heterocycles. The Bertz CT molecular complexity index is 597. The Morgan fingerprint density at radius 2 is 2.00 bits per heavy atom. The third kappa shape index (κ3) is 5.16. The summed E-state index contributed by atoms with van der Waals surface area (Å²) in [5.41, 5.74) is 2.14. The molecule has 0 saturated carbocycles. The molecule has 0 fully saturated rings. The molecule has 3 nitrogen and oxygen atoms in total. The van der Waals surface area contributed by atoms with Gasteiger partial charge in [0.1, 0.15) is 0 Å². The van der Waals surface area contributed by atoms with Crippen molar-refractivity contribution in [2.45, 2.75) is 19.4 Å². The largest absolute Gasteiger partial charge is 0.469 e. The number of carbonyl (C=O) groups is 1. The maximum absolute atomic E-state index is 11.4. The number of rotatable bonds is 7. The Labute approximate surface area is 133 Å².